The summed E-state index contributed by atoms with van der Waals surface area (Å²) >= 11 is 1.60. The zero-order valence-corrected chi connectivity index (χ0v) is 15.9. The van der Waals surface area contributed by atoms with Gasteiger partial charge in [-0.3, -0.25) is 9.69 Å². The fourth-order valence-corrected chi connectivity index (χ4v) is 4.02. The number of ether oxygens (including phenoxy) is 2. The van der Waals surface area contributed by atoms with E-state index in [0.717, 1.165) is 23.5 Å². The minimum atomic E-state index is -0.0303. The highest BCUT2D eigenvalue weighted by molar-refractivity contribution is 7.14. The summed E-state index contributed by atoms with van der Waals surface area (Å²) in [6.07, 6.45) is 0. The van der Waals surface area contributed by atoms with E-state index in [-0.39, 0.29) is 5.91 Å². The van der Waals surface area contributed by atoms with Gasteiger partial charge >= 0.3 is 0 Å². The van der Waals surface area contributed by atoms with Gasteiger partial charge in [-0.2, -0.15) is 0 Å². The third-order valence-corrected chi connectivity index (χ3v) is 5.60. The number of hydrogen-bond acceptors (Lipinski definition) is 5. The maximum atomic E-state index is 12.5. The Kier molecular flexibility index (Phi) is 5.30. The summed E-state index contributed by atoms with van der Waals surface area (Å²) in [7, 11) is 3.23. The first-order valence-electron chi connectivity index (χ1n) is 8.36. The Labute approximate surface area is 152 Å². The summed E-state index contributed by atoms with van der Waals surface area (Å²) in [5, 5.41) is 2.99. The number of rotatable bonds is 6. The van der Waals surface area contributed by atoms with Gasteiger partial charge in [0.1, 0.15) is 11.5 Å². The van der Waals surface area contributed by atoms with Crippen molar-refractivity contribution < 1.29 is 14.3 Å². The molecule has 1 aromatic heterocycles. The van der Waals surface area contributed by atoms with Crippen molar-refractivity contribution >= 4 is 17.2 Å². The van der Waals surface area contributed by atoms with Crippen LogP contribution in [0.5, 0.6) is 11.5 Å². The van der Waals surface area contributed by atoms with Crippen molar-refractivity contribution in [2.24, 2.45) is 0 Å². The molecule has 0 radical (unpaired) electrons. The fraction of sp³-hybridized carbons (Fsp3) is 0.421. The first-order chi connectivity index (χ1) is 12.0. The normalized spacial score (nSPS) is 13.8. The summed E-state index contributed by atoms with van der Waals surface area (Å²) in [5.41, 5.74) is 2.23. The van der Waals surface area contributed by atoms with Crippen LogP contribution in [0.4, 0.5) is 0 Å². The highest BCUT2D eigenvalue weighted by Crippen LogP contribution is 2.32. The van der Waals surface area contributed by atoms with Crippen molar-refractivity contribution in [2.45, 2.75) is 39.5 Å². The first kappa shape index (κ1) is 17.8. The number of amides is 1. The molecule has 6 heteroatoms. The second-order valence-corrected chi connectivity index (χ2v) is 7.60. The smallest absolute Gasteiger partial charge is 0.261 e. The van der Waals surface area contributed by atoms with E-state index in [4.69, 9.17) is 9.47 Å². The summed E-state index contributed by atoms with van der Waals surface area (Å²) in [5.74, 6) is 1.40. The van der Waals surface area contributed by atoms with Crippen LogP contribution in [0.1, 0.15) is 39.5 Å². The molecule has 3 rings (SSSR count). The van der Waals surface area contributed by atoms with Gasteiger partial charge in [0.15, 0.2) is 0 Å². The lowest BCUT2D eigenvalue weighted by atomic mass is 10.2. The van der Waals surface area contributed by atoms with Crippen molar-refractivity contribution in [1.82, 2.24) is 10.2 Å². The summed E-state index contributed by atoms with van der Waals surface area (Å²) in [6, 6.07) is 8.18. The van der Waals surface area contributed by atoms with E-state index in [1.54, 1.807) is 25.6 Å². The van der Waals surface area contributed by atoms with Gasteiger partial charge < -0.3 is 14.8 Å². The zero-order valence-electron chi connectivity index (χ0n) is 15.1. The fourth-order valence-electron chi connectivity index (χ4n) is 2.91. The molecule has 134 valence electrons. The Hall–Kier alpha value is -2.05. The molecule has 1 aromatic carbocycles. The molecule has 1 aliphatic rings. The molecule has 0 aliphatic carbocycles. The van der Waals surface area contributed by atoms with Crippen LogP contribution < -0.4 is 14.8 Å². The molecular weight excluding hydrogens is 336 g/mol. The lowest BCUT2D eigenvalue weighted by molar-refractivity contribution is 0.0954. The quantitative estimate of drug-likeness (QED) is 0.858. The molecular formula is C19H24N2O3S. The number of fused-ring (bicyclic) bond motifs is 1. The number of methoxy groups -OCH3 is 2. The first-order valence-corrected chi connectivity index (χ1v) is 9.17. The Bertz CT molecular complexity index is 724. The van der Waals surface area contributed by atoms with Crippen molar-refractivity contribution in [3.63, 3.8) is 0 Å². The van der Waals surface area contributed by atoms with Gasteiger partial charge in [-0.1, -0.05) is 0 Å². The van der Waals surface area contributed by atoms with Crippen LogP contribution >= 0.6 is 11.3 Å². The molecule has 1 aliphatic heterocycles. The molecule has 0 fully saturated rings. The second kappa shape index (κ2) is 7.45. The second-order valence-electron chi connectivity index (χ2n) is 6.46. The third-order valence-electron chi connectivity index (χ3n) is 4.44. The number of benzene rings is 1. The molecule has 2 aromatic rings. The molecule has 5 nitrogen and oxygen atoms in total. The molecule has 0 bridgehead atoms. The van der Waals surface area contributed by atoms with Crippen molar-refractivity contribution in [1.29, 1.82) is 0 Å². The predicted octanol–water partition coefficient (Wildman–Crippen LogP) is 3.42. The van der Waals surface area contributed by atoms with Gasteiger partial charge in [-0.05, 0) is 43.2 Å². The Balaban J connectivity index is 1.64. The molecule has 1 amide bonds. The van der Waals surface area contributed by atoms with Crippen LogP contribution in [0.15, 0.2) is 24.3 Å². The summed E-state index contributed by atoms with van der Waals surface area (Å²) < 4.78 is 10.5. The van der Waals surface area contributed by atoms with Gasteiger partial charge in [0.2, 0.25) is 0 Å². The maximum Gasteiger partial charge on any atom is 0.261 e. The molecule has 1 N–H and O–H groups in total. The Morgan fingerprint density at radius 2 is 1.84 bits per heavy atom. The van der Waals surface area contributed by atoms with Gasteiger partial charge in [-0.25, -0.2) is 0 Å². The lowest BCUT2D eigenvalue weighted by Gasteiger charge is -2.19. The monoisotopic (exact) mass is 360 g/mol. The van der Waals surface area contributed by atoms with E-state index < -0.39 is 0 Å². The molecule has 0 atom stereocenters. The van der Waals surface area contributed by atoms with E-state index in [0.29, 0.717) is 24.1 Å². The molecule has 2 heterocycles. The number of nitrogens with zero attached hydrogens (tertiary/aromatic N) is 1. The number of thiophene rings is 1. The van der Waals surface area contributed by atoms with Crippen LogP contribution in [0.2, 0.25) is 0 Å². The lowest BCUT2D eigenvalue weighted by Crippen LogP contribution is -2.25. The standard InChI is InChI=1S/C19H24N2O3S/c1-12(2)21-10-14-7-17(25-18(14)11-21)19(22)20-9-13-5-15(23-3)8-16(6-13)24-4/h5-8,12H,9-11H2,1-4H3,(H,20,22). The van der Waals surface area contributed by atoms with Crippen molar-refractivity contribution in [2.75, 3.05) is 14.2 Å². The molecule has 25 heavy (non-hydrogen) atoms. The van der Waals surface area contributed by atoms with Crippen LogP contribution in [0.3, 0.4) is 0 Å². The average Bonchev–Trinajstić information content (AvgIpc) is 3.18. The van der Waals surface area contributed by atoms with E-state index in [9.17, 15) is 4.79 Å². The SMILES string of the molecule is COc1cc(CNC(=O)c2cc3c(s2)CN(C(C)C)C3)cc(OC)c1. The van der Waals surface area contributed by atoms with E-state index in [1.807, 2.05) is 24.3 Å². The molecule has 0 saturated carbocycles. The Morgan fingerprint density at radius 1 is 1.16 bits per heavy atom. The number of carbonyl (C=O) groups excluding carboxylic acids is 1. The highest BCUT2D eigenvalue weighted by Gasteiger charge is 2.25. The predicted molar refractivity (Wildman–Crippen MR) is 99.4 cm³/mol. The number of carbonyl (C=O) groups is 1. The van der Waals surface area contributed by atoms with E-state index in [2.05, 4.69) is 24.1 Å². The molecule has 0 spiro atoms. The zero-order chi connectivity index (χ0) is 18.0. The van der Waals surface area contributed by atoms with Gasteiger partial charge in [0.05, 0.1) is 19.1 Å². The number of hydrogen-bond donors (Lipinski definition) is 1. The summed E-state index contributed by atoms with van der Waals surface area (Å²) in [6.45, 7) is 6.72. The van der Waals surface area contributed by atoms with Crippen molar-refractivity contribution in [3.05, 3.63) is 45.1 Å². The van der Waals surface area contributed by atoms with Crippen LogP contribution in [-0.2, 0) is 19.6 Å². The van der Waals surface area contributed by atoms with Crippen LogP contribution in [0.25, 0.3) is 0 Å². The van der Waals surface area contributed by atoms with Crippen molar-refractivity contribution in [3.8, 4) is 11.5 Å². The molecule has 0 unspecified atom stereocenters. The topological polar surface area (TPSA) is 50.8 Å². The third kappa shape index (κ3) is 3.96. The van der Waals surface area contributed by atoms with Crippen LogP contribution in [0, 0.1) is 0 Å². The maximum absolute atomic E-state index is 12.5. The van der Waals surface area contributed by atoms with Gasteiger partial charge in [-0.15, -0.1) is 11.3 Å². The van der Waals surface area contributed by atoms with Gasteiger partial charge in [0, 0.05) is 36.6 Å². The number of nitrogens with one attached hydrogen (secondary N) is 1. The van der Waals surface area contributed by atoms with E-state index in [1.165, 1.54) is 10.4 Å². The largest absolute Gasteiger partial charge is 0.497 e. The molecule has 0 saturated heterocycles. The minimum Gasteiger partial charge on any atom is -0.497 e. The van der Waals surface area contributed by atoms with Gasteiger partial charge in [0.25, 0.3) is 5.91 Å². The Morgan fingerprint density at radius 3 is 2.40 bits per heavy atom. The summed E-state index contributed by atoms with van der Waals surface area (Å²) in [4.78, 5) is 17.0. The van der Waals surface area contributed by atoms with E-state index >= 15 is 0 Å². The van der Waals surface area contributed by atoms with Crippen LogP contribution in [-0.4, -0.2) is 31.1 Å². The average molecular weight is 360 g/mol. The minimum absolute atomic E-state index is 0.0303. The highest BCUT2D eigenvalue weighted by atomic mass is 32.1.